The molecule has 0 saturated carbocycles. The van der Waals surface area contributed by atoms with E-state index in [1.807, 2.05) is 19.1 Å². The molecule has 5 N–H and O–H groups in total. The zero-order valence-corrected chi connectivity index (χ0v) is 10.5. The van der Waals surface area contributed by atoms with Gasteiger partial charge in [0, 0.05) is 25.7 Å². The summed E-state index contributed by atoms with van der Waals surface area (Å²) in [5, 5.41) is 3.21. The quantitative estimate of drug-likeness (QED) is 0.576. The molecule has 1 aromatic rings. The third kappa shape index (κ3) is 5.68. The van der Waals surface area contributed by atoms with Gasteiger partial charge in [0.05, 0.1) is 6.61 Å². The first-order valence-corrected chi connectivity index (χ1v) is 6.14. The van der Waals surface area contributed by atoms with Gasteiger partial charge in [-0.05, 0) is 31.0 Å². The highest BCUT2D eigenvalue weighted by Gasteiger charge is 2.03. The molecule has 0 radical (unpaired) electrons. The lowest BCUT2D eigenvalue weighted by Gasteiger charge is -2.12. The summed E-state index contributed by atoms with van der Waals surface area (Å²) in [6.45, 7) is 4.94. The van der Waals surface area contributed by atoms with Crippen LogP contribution >= 0.6 is 0 Å². The fourth-order valence-electron chi connectivity index (χ4n) is 1.65. The fraction of sp³-hybridized carbons (Fsp3) is 0.538. The van der Waals surface area contributed by atoms with E-state index in [0.29, 0.717) is 13.2 Å². The molecule has 96 valence electrons. The van der Waals surface area contributed by atoms with Crippen molar-refractivity contribution in [3.8, 4) is 5.75 Å². The van der Waals surface area contributed by atoms with Crippen molar-refractivity contribution < 1.29 is 4.74 Å². The number of hydrogen-bond donors (Lipinski definition) is 3. The van der Waals surface area contributed by atoms with Crippen molar-refractivity contribution in [3.05, 3.63) is 29.8 Å². The summed E-state index contributed by atoms with van der Waals surface area (Å²) >= 11 is 0. The van der Waals surface area contributed by atoms with Gasteiger partial charge in [-0.2, -0.15) is 0 Å². The molecule has 0 bridgehead atoms. The van der Waals surface area contributed by atoms with E-state index in [1.165, 1.54) is 5.56 Å². The van der Waals surface area contributed by atoms with Crippen LogP contribution in [0.3, 0.4) is 0 Å². The molecule has 0 heterocycles. The van der Waals surface area contributed by atoms with Crippen molar-refractivity contribution in [2.24, 2.45) is 11.5 Å². The van der Waals surface area contributed by atoms with Gasteiger partial charge in [-0.3, -0.25) is 0 Å². The average molecular weight is 237 g/mol. The Bertz CT molecular complexity index is 300. The van der Waals surface area contributed by atoms with Gasteiger partial charge < -0.3 is 21.5 Å². The van der Waals surface area contributed by atoms with Gasteiger partial charge in [-0.1, -0.05) is 12.1 Å². The maximum atomic E-state index is 6.01. The van der Waals surface area contributed by atoms with Crippen LogP contribution in [0.1, 0.15) is 12.5 Å². The third-order valence-electron chi connectivity index (χ3n) is 2.46. The van der Waals surface area contributed by atoms with Crippen LogP contribution in [0.5, 0.6) is 5.75 Å². The molecule has 17 heavy (non-hydrogen) atoms. The molecule has 0 spiro atoms. The van der Waals surface area contributed by atoms with Crippen molar-refractivity contribution in [1.29, 1.82) is 0 Å². The molecule has 0 aliphatic carbocycles. The topological polar surface area (TPSA) is 73.3 Å². The molecular formula is C13H23N3O. The van der Waals surface area contributed by atoms with Crippen molar-refractivity contribution in [3.63, 3.8) is 0 Å². The highest BCUT2D eigenvalue weighted by Crippen LogP contribution is 2.12. The second kappa shape index (κ2) is 8.06. The van der Waals surface area contributed by atoms with Crippen LogP contribution in [0.4, 0.5) is 0 Å². The second-order valence-corrected chi connectivity index (χ2v) is 4.03. The summed E-state index contributed by atoms with van der Waals surface area (Å²) in [6, 6.07) is 8.22. The second-order valence-electron chi connectivity index (χ2n) is 4.03. The normalized spacial score (nSPS) is 12.4. The van der Waals surface area contributed by atoms with Crippen molar-refractivity contribution in [2.75, 3.05) is 26.2 Å². The predicted molar refractivity (Wildman–Crippen MR) is 71.2 cm³/mol. The standard InChI is InChI=1S/C13H23N3O/c1-2-17-13-5-3-11(4-6-13)9-12(15)10-16-8-7-14/h3-6,12,16H,2,7-10,14-15H2,1H3/t12-/m1/s1. The lowest BCUT2D eigenvalue weighted by Crippen LogP contribution is -2.37. The third-order valence-corrected chi connectivity index (χ3v) is 2.46. The molecular weight excluding hydrogens is 214 g/mol. The Balaban J connectivity index is 2.34. The van der Waals surface area contributed by atoms with E-state index in [9.17, 15) is 0 Å². The highest BCUT2D eigenvalue weighted by atomic mass is 16.5. The first-order valence-electron chi connectivity index (χ1n) is 6.14. The van der Waals surface area contributed by atoms with Crippen LogP contribution < -0.4 is 21.5 Å². The number of hydrogen-bond acceptors (Lipinski definition) is 4. The molecule has 0 aliphatic heterocycles. The molecule has 1 aromatic carbocycles. The highest BCUT2D eigenvalue weighted by molar-refractivity contribution is 5.27. The summed E-state index contributed by atoms with van der Waals surface area (Å²) < 4.78 is 5.39. The fourth-order valence-corrected chi connectivity index (χ4v) is 1.65. The van der Waals surface area contributed by atoms with Crippen LogP contribution in [0.25, 0.3) is 0 Å². The SMILES string of the molecule is CCOc1ccc(C[C@@H](N)CNCCN)cc1. The molecule has 0 aliphatic rings. The Hall–Kier alpha value is -1.10. The van der Waals surface area contributed by atoms with Crippen LogP contribution in [-0.4, -0.2) is 32.3 Å². The molecule has 1 rings (SSSR count). The summed E-state index contributed by atoms with van der Waals surface area (Å²) in [6.07, 6.45) is 0.865. The van der Waals surface area contributed by atoms with Gasteiger partial charge in [0.2, 0.25) is 0 Å². The minimum Gasteiger partial charge on any atom is -0.494 e. The first-order chi connectivity index (χ1) is 8.26. The predicted octanol–water partition coefficient (Wildman–Crippen LogP) is 0.503. The summed E-state index contributed by atoms with van der Waals surface area (Å²) in [7, 11) is 0. The molecule has 4 heteroatoms. The van der Waals surface area contributed by atoms with E-state index in [1.54, 1.807) is 0 Å². The Morgan fingerprint density at radius 1 is 1.29 bits per heavy atom. The van der Waals surface area contributed by atoms with Crippen molar-refractivity contribution in [2.45, 2.75) is 19.4 Å². The van der Waals surface area contributed by atoms with E-state index < -0.39 is 0 Å². The van der Waals surface area contributed by atoms with E-state index in [2.05, 4.69) is 17.4 Å². The van der Waals surface area contributed by atoms with E-state index in [4.69, 9.17) is 16.2 Å². The van der Waals surface area contributed by atoms with Crippen LogP contribution in [0.2, 0.25) is 0 Å². The smallest absolute Gasteiger partial charge is 0.119 e. The summed E-state index contributed by atoms with van der Waals surface area (Å²) in [5.41, 5.74) is 12.6. The Morgan fingerprint density at radius 3 is 2.59 bits per heavy atom. The van der Waals surface area contributed by atoms with Gasteiger partial charge in [0.1, 0.15) is 5.75 Å². The molecule has 4 nitrogen and oxygen atoms in total. The zero-order valence-electron chi connectivity index (χ0n) is 10.5. The van der Waals surface area contributed by atoms with Gasteiger partial charge in [-0.15, -0.1) is 0 Å². The minimum absolute atomic E-state index is 0.125. The summed E-state index contributed by atoms with van der Waals surface area (Å²) in [5.74, 6) is 0.908. The zero-order chi connectivity index (χ0) is 12.5. The van der Waals surface area contributed by atoms with Crippen LogP contribution in [0, 0.1) is 0 Å². The number of benzene rings is 1. The molecule has 0 amide bonds. The number of nitrogens with one attached hydrogen (secondary N) is 1. The maximum Gasteiger partial charge on any atom is 0.119 e. The largest absolute Gasteiger partial charge is 0.494 e. The van der Waals surface area contributed by atoms with Gasteiger partial charge in [0.25, 0.3) is 0 Å². The van der Waals surface area contributed by atoms with E-state index in [-0.39, 0.29) is 6.04 Å². The maximum absolute atomic E-state index is 6.01. The first kappa shape index (κ1) is 14.0. The lowest BCUT2D eigenvalue weighted by molar-refractivity contribution is 0.340. The Morgan fingerprint density at radius 2 is 2.00 bits per heavy atom. The van der Waals surface area contributed by atoms with Crippen molar-refractivity contribution >= 4 is 0 Å². The van der Waals surface area contributed by atoms with Crippen molar-refractivity contribution in [1.82, 2.24) is 5.32 Å². The molecule has 0 aromatic heterocycles. The van der Waals surface area contributed by atoms with Crippen LogP contribution in [-0.2, 0) is 6.42 Å². The minimum atomic E-state index is 0.125. The van der Waals surface area contributed by atoms with E-state index >= 15 is 0 Å². The van der Waals surface area contributed by atoms with Crippen LogP contribution in [0.15, 0.2) is 24.3 Å². The summed E-state index contributed by atoms with van der Waals surface area (Å²) in [4.78, 5) is 0. The van der Waals surface area contributed by atoms with Gasteiger partial charge in [0.15, 0.2) is 0 Å². The molecule has 0 unspecified atom stereocenters. The Labute approximate surface area is 103 Å². The monoisotopic (exact) mass is 237 g/mol. The van der Waals surface area contributed by atoms with E-state index in [0.717, 1.165) is 25.3 Å². The Kier molecular flexibility index (Phi) is 6.62. The molecule has 0 saturated heterocycles. The number of rotatable bonds is 8. The number of nitrogens with two attached hydrogens (primary N) is 2. The van der Waals surface area contributed by atoms with Gasteiger partial charge >= 0.3 is 0 Å². The molecule has 0 fully saturated rings. The molecule has 1 atom stereocenters. The average Bonchev–Trinajstić information content (AvgIpc) is 2.32. The van der Waals surface area contributed by atoms with Gasteiger partial charge in [-0.25, -0.2) is 0 Å². The number of ether oxygens (including phenoxy) is 1. The lowest BCUT2D eigenvalue weighted by atomic mass is 10.1.